The molecule has 1 saturated heterocycles. The Morgan fingerprint density at radius 1 is 1.12 bits per heavy atom. The molecule has 1 aliphatic rings. The molecule has 1 atom stereocenters. The lowest BCUT2D eigenvalue weighted by Crippen LogP contribution is -2.40. The Kier molecular flexibility index (Phi) is 5.24. The van der Waals surface area contributed by atoms with E-state index < -0.39 is 0 Å². The van der Waals surface area contributed by atoms with Crippen LogP contribution < -0.4 is 5.73 Å². The van der Waals surface area contributed by atoms with Gasteiger partial charge >= 0.3 is 0 Å². The van der Waals surface area contributed by atoms with Crippen molar-refractivity contribution in [3.63, 3.8) is 0 Å². The minimum atomic E-state index is -0.0596. The average Bonchev–Trinajstić information content (AvgIpc) is 3.19. The van der Waals surface area contributed by atoms with Gasteiger partial charge in [0.2, 0.25) is 0 Å². The highest BCUT2D eigenvalue weighted by Gasteiger charge is 2.24. The smallest absolute Gasteiger partial charge is 0.255 e. The molecule has 0 bridgehead atoms. The van der Waals surface area contributed by atoms with Gasteiger partial charge in [-0.3, -0.25) is 14.8 Å². The number of aliphatic hydroxyl groups is 1. The van der Waals surface area contributed by atoms with E-state index in [1.54, 1.807) is 40.1 Å². The van der Waals surface area contributed by atoms with E-state index >= 15 is 0 Å². The van der Waals surface area contributed by atoms with Crippen molar-refractivity contribution >= 4 is 17.4 Å². The van der Waals surface area contributed by atoms with Gasteiger partial charge in [0.1, 0.15) is 0 Å². The summed E-state index contributed by atoms with van der Waals surface area (Å²) in [5.41, 5.74) is 10.1. The van der Waals surface area contributed by atoms with Gasteiger partial charge in [-0.1, -0.05) is 6.07 Å². The van der Waals surface area contributed by atoms with E-state index in [1.807, 2.05) is 24.4 Å². The maximum Gasteiger partial charge on any atom is 0.255 e. The van der Waals surface area contributed by atoms with Crippen molar-refractivity contribution in [1.29, 1.82) is 0 Å². The number of pyridine rings is 2. The Hall–Kier alpha value is -3.85. The molecule has 32 heavy (non-hydrogen) atoms. The number of hydrogen-bond acceptors (Lipinski definition) is 7. The number of piperidine rings is 1. The maximum atomic E-state index is 12.8. The number of hydrogen-bond donors (Lipinski definition) is 2. The fraction of sp³-hybridized carbons (Fsp3) is 0.261. The van der Waals surface area contributed by atoms with E-state index in [9.17, 15) is 9.90 Å². The first kappa shape index (κ1) is 20.1. The number of rotatable bonds is 4. The van der Waals surface area contributed by atoms with Gasteiger partial charge in [-0.15, -0.1) is 5.10 Å². The van der Waals surface area contributed by atoms with Gasteiger partial charge in [-0.2, -0.15) is 0 Å². The minimum Gasteiger partial charge on any atom is -0.396 e. The third-order valence-corrected chi connectivity index (χ3v) is 5.79. The molecule has 9 nitrogen and oxygen atoms in total. The third-order valence-electron chi connectivity index (χ3n) is 5.79. The topological polar surface area (TPSA) is 123 Å². The quantitative estimate of drug-likeness (QED) is 0.510. The van der Waals surface area contributed by atoms with Gasteiger partial charge in [0, 0.05) is 50.0 Å². The monoisotopic (exact) mass is 429 g/mol. The van der Waals surface area contributed by atoms with Gasteiger partial charge in [0.05, 0.1) is 22.5 Å². The minimum absolute atomic E-state index is 0.0596. The van der Waals surface area contributed by atoms with Crippen molar-refractivity contribution in [3.8, 4) is 22.5 Å². The van der Waals surface area contributed by atoms with Crippen LogP contribution in [0.1, 0.15) is 23.2 Å². The Morgan fingerprint density at radius 2 is 2.03 bits per heavy atom. The number of nitrogens with zero attached hydrogens (tertiary/aromatic N) is 6. The second-order valence-electron chi connectivity index (χ2n) is 7.96. The highest BCUT2D eigenvalue weighted by atomic mass is 16.3. The lowest BCUT2D eigenvalue weighted by atomic mass is 9.98. The number of aliphatic hydroxyl groups excluding tert-OH is 1. The number of anilines is 1. The summed E-state index contributed by atoms with van der Waals surface area (Å²) in [4.78, 5) is 28.0. The van der Waals surface area contributed by atoms with E-state index in [0.29, 0.717) is 47.1 Å². The van der Waals surface area contributed by atoms with Crippen LogP contribution in [0.5, 0.6) is 0 Å². The summed E-state index contributed by atoms with van der Waals surface area (Å²) in [6, 6.07) is 9.17. The van der Waals surface area contributed by atoms with Crippen molar-refractivity contribution < 1.29 is 9.90 Å². The Balaban J connectivity index is 1.40. The Morgan fingerprint density at radius 3 is 2.78 bits per heavy atom. The molecule has 0 aliphatic carbocycles. The number of likely N-dealkylation sites (tertiary alicyclic amines) is 1. The molecule has 162 valence electrons. The lowest BCUT2D eigenvalue weighted by molar-refractivity contribution is 0.0620. The molecular formula is C23H23N7O2. The number of carbonyl (C=O) groups is 1. The van der Waals surface area contributed by atoms with Gasteiger partial charge < -0.3 is 15.7 Å². The summed E-state index contributed by atoms with van der Waals surface area (Å²) in [5, 5.41) is 13.8. The second kappa shape index (κ2) is 8.35. The number of nitrogen functional groups attached to an aromatic ring is 1. The Labute approximate surface area is 184 Å². The molecule has 1 aliphatic heterocycles. The molecule has 4 aromatic heterocycles. The fourth-order valence-corrected chi connectivity index (χ4v) is 4.11. The summed E-state index contributed by atoms with van der Waals surface area (Å²) < 4.78 is 1.62. The van der Waals surface area contributed by atoms with Crippen molar-refractivity contribution in [3.05, 3.63) is 60.7 Å². The van der Waals surface area contributed by atoms with Crippen molar-refractivity contribution in [1.82, 2.24) is 29.5 Å². The SMILES string of the molecule is Nc1nn2cc(-c3ccc(C(=O)N4CCCC(CO)C4)cn3)cnc2c1-c1ccccn1. The van der Waals surface area contributed by atoms with Crippen LogP contribution in [-0.2, 0) is 0 Å². The molecule has 1 unspecified atom stereocenters. The summed E-state index contributed by atoms with van der Waals surface area (Å²) in [6.45, 7) is 1.39. The number of amides is 1. The number of fused-ring (bicyclic) bond motifs is 1. The van der Waals surface area contributed by atoms with Gasteiger partial charge in [0.25, 0.3) is 5.91 Å². The summed E-state index contributed by atoms with van der Waals surface area (Å²) in [7, 11) is 0. The molecule has 1 amide bonds. The van der Waals surface area contributed by atoms with Gasteiger partial charge in [-0.05, 0) is 43.0 Å². The van der Waals surface area contributed by atoms with Crippen LogP contribution >= 0.6 is 0 Å². The normalized spacial score (nSPS) is 16.4. The van der Waals surface area contributed by atoms with E-state index in [-0.39, 0.29) is 18.4 Å². The third kappa shape index (κ3) is 3.67. The molecule has 0 radical (unpaired) electrons. The van der Waals surface area contributed by atoms with Gasteiger partial charge in [-0.25, -0.2) is 9.50 Å². The van der Waals surface area contributed by atoms with Crippen LogP contribution in [0.4, 0.5) is 5.82 Å². The second-order valence-corrected chi connectivity index (χ2v) is 7.96. The zero-order chi connectivity index (χ0) is 22.1. The highest BCUT2D eigenvalue weighted by molar-refractivity contribution is 5.94. The summed E-state index contributed by atoms with van der Waals surface area (Å²) >= 11 is 0. The average molecular weight is 429 g/mol. The largest absolute Gasteiger partial charge is 0.396 e. The Bertz CT molecular complexity index is 1250. The van der Waals surface area contributed by atoms with Crippen LogP contribution in [0, 0.1) is 5.92 Å². The molecular weight excluding hydrogens is 406 g/mol. The lowest BCUT2D eigenvalue weighted by Gasteiger charge is -2.31. The molecule has 4 aromatic rings. The summed E-state index contributed by atoms with van der Waals surface area (Å²) in [5.74, 6) is 0.441. The van der Waals surface area contributed by atoms with E-state index in [2.05, 4.69) is 20.1 Å². The molecule has 5 heterocycles. The zero-order valence-electron chi connectivity index (χ0n) is 17.4. The number of carbonyl (C=O) groups excluding carboxylic acids is 1. The van der Waals surface area contributed by atoms with Crippen LogP contribution in [0.3, 0.4) is 0 Å². The van der Waals surface area contributed by atoms with E-state index in [4.69, 9.17) is 5.73 Å². The van der Waals surface area contributed by atoms with Crippen LogP contribution in [0.2, 0.25) is 0 Å². The first-order valence-electron chi connectivity index (χ1n) is 10.6. The summed E-state index contributed by atoms with van der Waals surface area (Å²) in [6.07, 6.45) is 8.66. The number of aromatic nitrogens is 5. The maximum absolute atomic E-state index is 12.8. The van der Waals surface area contributed by atoms with Crippen LogP contribution in [-0.4, -0.2) is 60.2 Å². The van der Waals surface area contributed by atoms with E-state index in [1.165, 1.54) is 0 Å². The fourth-order valence-electron chi connectivity index (χ4n) is 4.11. The van der Waals surface area contributed by atoms with Crippen molar-refractivity contribution in [2.45, 2.75) is 12.8 Å². The highest BCUT2D eigenvalue weighted by Crippen LogP contribution is 2.28. The predicted molar refractivity (Wildman–Crippen MR) is 120 cm³/mol. The van der Waals surface area contributed by atoms with Gasteiger partial charge in [0.15, 0.2) is 11.5 Å². The molecule has 0 saturated carbocycles. The standard InChI is InChI=1S/C23H23N7O2/c24-21-20(19-5-1-2-8-25-19)22-27-11-17(13-30(22)28-21)18-7-6-16(10-26-18)23(32)29-9-3-4-15(12-29)14-31/h1-2,5-8,10-11,13,15,31H,3-4,9,12,14H2,(H2,24,28). The molecule has 3 N–H and O–H groups in total. The first-order valence-corrected chi connectivity index (χ1v) is 10.6. The first-order chi connectivity index (χ1) is 15.6. The molecule has 5 rings (SSSR count). The van der Waals surface area contributed by atoms with Crippen molar-refractivity contribution in [2.24, 2.45) is 5.92 Å². The molecule has 1 fully saturated rings. The molecule has 0 spiro atoms. The molecule has 9 heteroatoms. The number of nitrogens with two attached hydrogens (primary N) is 1. The predicted octanol–water partition coefficient (Wildman–Crippen LogP) is 2.28. The zero-order valence-corrected chi connectivity index (χ0v) is 17.4. The van der Waals surface area contributed by atoms with Crippen molar-refractivity contribution in [2.75, 3.05) is 25.4 Å². The van der Waals surface area contributed by atoms with Crippen LogP contribution in [0.15, 0.2) is 55.1 Å². The van der Waals surface area contributed by atoms with Crippen LogP contribution in [0.25, 0.3) is 28.2 Å². The van der Waals surface area contributed by atoms with E-state index in [0.717, 1.165) is 18.4 Å². The molecule has 0 aromatic carbocycles.